The molecule has 3 N–H and O–H groups in total. The Balaban J connectivity index is 0.00000420. The predicted molar refractivity (Wildman–Crippen MR) is 107 cm³/mol. The van der Waals surface area contributed by atoms with Gasteiger partial charge in [-0.3, -0.25) is 4.98 Å². The summed E-state index contributed by atoms with van der Waals surface area (Å²) in [5, 5.41) is 10.5. The molecule has 1 aromatic carbocycles. The van der Waals surface area contributed by atoms with Crippen LogP contribution in [-0.2, 0) is 5.41 Å². The number of nitrogens with zero attached hydrogens (tertiary/aromatic N) is 1. The molecule has 0 aliphatic heterocycles. The molecule has 0 aliphatic carbocycles. The summed E-state index contributed by atoms with van der Waals surface area (Å²) in [6, 6.07) is 5.44. The molecule has 0 saturated heterocycles. The lowest BCUT2D eigenvalue weighted by Gasteiger charge is -2.37. The van der Waals surface area contributed by atoms with Gasteiger partial charge in [-0.25, -0.2) is 4.39 Å². The molecule has 0 aliphatic rings. The van der Waals surface area contributed by atoms with Crippen molar-refractivity contribution in [2.24, 2.45) is 0 Å². The molecule has 158 valence electrons. The van der Waals surface area contributed by atoms with Crippen molar-refractivity contribution < 1.29 is 22.7 Å². The number of aryl methyl sites for hydroxylation is 1. The summed E-state index contributed by atoms with van der Waals surface area (Å²) in [7, 11) is 0. The first-order valence-corrected chi connectivity index (χ1v) is 8.60. The van der Waals surface area contributed by atoms with Crippen LogP contribution in [0.15, 0.2) is 36.7 Å². The Kier molecular flexibility index (Phi) is 7.69. The summed E-state index contributed by atoms with van der Waals surface area (Å²) in [4.78, 5) is 3.79. The van der Waals surface area contributed by atoms with Crippen molar-refractivity contribution in [1.29, 1.82) is 0 Å². The Morgan fingerprint density at radius 2 is 1.83 bits per heavy atom. The van der Waals surface area contributed by atoms with Crippen LogP contribution >= 0.6 is 12.4 Å². The summed E-state index contributed by atoms with van der Waals surface area (Å²) in [6.07, 6.45) is -3.66. The SMILES string of the molecule is Cc1ccc(F)cc1C(C)(C)CC(O)(CC#Cc1ccncc1N)C(F)(F)F.Cl. The Labute approximate surface area is 173 Å². The highest BCUT2D eigenvalue weighted by Crippen LogP contribution is 2.43. The first-order chi connectivity index (χ1) is 12.9. The highest BCUT2D eigenvalue weighted by Gasteiger charge is 2.55. The Morgan fingerprint density at radius 3 is 2.41 bits per heavy atom. The largest absolute Gasteiger partial charge is 0.418 e. The third-order valence-electron chi connectivity index (χ3n) is 4.65. The van der Waals surface area contributed by atoms with Crippen LogP contribution < -0.4 is 5.73 Å². The molecule has 0 fully saturated rings. The van der Waals surface area contributed by atoms with E-state index >= 15 is 0 Å². The molecule has 1 aromatic heterocycles. The second-order valence-corrected chi connectivity index (χ2v) is 7.49. The highest BCUT2D eigenvalue weighted by atomic mass is 35.5. The monoisotopic (exact) mass is 430 g/mol. The molecule has 2 rings (SSSR count). The van der Waals surface area contributed by atoms with Crippen LogP contribution in [-0.4, -0.2) is 21.9 Å². The average molecular weight is 431 g/mol. The summed E-state index contributed by atoms with van der Waals surface area (Å²) in [5.41, 5.74) is 3.09. The maximum Gasteiger partial charge on any atom is 0.418 e. The standard InChI is InChI=1S/C21H22F4N2O.ClH/c1-14-6-7-16(22)11-17(14)19(2,3)13-20(28,21(23,24)25)9-4-5-15-8-10-27-12-18(15)26;/h6-8,10-12,28H,9,13,26H2,1-3H3;1H. The topological polar surface area (TPSA) is 59.1 Å². The number of hydrogen-bond donors (Lipinski definition) is 2. The molecule has 29 heavy (non-hydrogen) atoms. The van der Waals surface area contributed by atoms with Gasteiger partial charge in [-0.05, 0) is 48.1 Å². The van der Waals surface area contributed by atoms with Crippen LogP contribution in [0.4, 0.5) is 23.2 Å². The van der Waals surface area contributed by atoms with E-state index in [0.29, 0.717) is 16.7 Å². The lowest BCUT2D eigenvalue weighted by atomic mass is 9.72. The van der Waals surface area contributed by atoms with E-state index in [1.165, 1.54) is 36.7 Å². The Morgan fingerprint density at radius 1 is 1.17 bits per heavy atom. The number of aliphatic hydroxyl groups is 1. The fourth-order valence-electron chi connectivity index (χ4n) is 3.22. The Hall–Kier alpha value is -2.30. The number of hydrogen-bond acceptors (Lipinski definition) is 3. The van der Waals surface area contributed by atoms with Crippen LogP contribution in [0.1, 0.15) is 43.4 Å². The zero-order valence-electron chi connectivity index (χ0n) is 16.3. The van der Waals surface area contributed by atoms with Crippen molar-refractivity contribution in [3.63, 3.8) is 0 Å². The summed E-state index contributed by atoms with van der Waals surface area (Å²) >= 11 is 0. The van der Waals surface area contributed by atoms with Gasteiger partial charge in [-0.2, -0.15) is 13.2 Å². The maximum atomic E-state index is 13.7. The number of nitrogens with two attached hydrogens (primary N) is 1. The van der Waals surface area contributed by atoms with Gasteiger partial charge in [0, 0.05) is 12.6 Å². The highest BCUT2D eigenvalue weighted by molar-refractivity contribution is 5.85. The van der Waals surface area contributed by atoms with E-state index in [1.807, 2.05) is 0 Å². The third kappa shape index (κ3) is 5.84. The zero-order valence-corrected chi connectivity index (χ0v) is 17.1. The third-order valence-corrected chi connectivity index (χ3v) is 4.65. The van der Waals surface area contributed by atoms with Gasteiger partial charge in [-0.1, -0.05) is 31.8 Å². The molecule has 3 nitrogen and oxygen atoms in total. The molecule has 0 amide bonds. The van der Waals surface area contributed by atoms with Gasteiger partial charge in [0.2, 0.25) is 0 Å². The van der Waals surface area contributed by atoms with Gasteiger partial charge in [0.05, 0.1) is 17.4 Å². The van der Waals surface area contributed by atoms with Crippen LogP contribution in [0.25, 0.3) is 0 Å². The predicted octanol–water partition coefficient (Wildman–Crippen LogP) is 4.94. The number of alkyl halides is 3. The Bertz CT molecular complexity index is 919. The minimum absolute atomic E-state index is 0. The van der Waals surface area contributed by atoms with Gasteiger partial charge < -0.3 is 10.8 Å². The van der Waals surface area contributed by atoms with Gasteiger partial charge in [-0.15, -0.1) is 12.4 Å². The van der Waals surface area contributed by atoms with Crippen LogP contribution in [0.3, 0.4) is 0 Å². The number of nitrogen functional groups attached to an aromatic ring is 1. The van der Waals surface area contributed by atoms with E-state index in [-0.39, 0.29) is 18.1 Å². The van der Waals surface area contributed by atoms with Crippen molar-refractivity contribution in [1.82, 2.24) is 4.98 Å². The summed E-state index contributed by atoms with van der Waals surface area (Å²) in [6.45, 7) is 4.77. The van der Waals surface area contributed by atoms with Crippen LogP contribution in [0, 0.1) is 24.6 Å². The molecular formula is C21H23ClF4N2O. The first-order valence-electron chi connectivity index (χ1n) is 8.60. The number of anilines is 1. The van der Waals surface area contributed by atoms with E-state index in [2.05, 4.69) is 16.8 Å². The molecule has 0 bridgehead atoms. The van der Waals surface area contributed by atoms with E-state index in [4.69, 9.17) is 5.73 Å². The van der Waals surface area contributed by atoms with Crippen molar-refractivity contribution in [2.45, 2.75) is 50.8 Å². The second-order valence-electron chi connectivity index (χ2n) is 7.49. The number of aromatic nitrogens is 1. The maximum absolute atomic E-state index is 13.7. The molecule has 1 unspecified atom stereocenters. The number of pyridine rings is 1. The minimum atomic E-state index is -4.91. The van der Waals surface area contributed by atoms with Gasteiger partial charge in [0.15, 0.2) is 5.60 Å². The fraction of sp³-hybridized carbons (Fsp3) is 0.381. The van der Waals surface area contributed by atoms with Gasteiger partial charge in [0.25, 0.3) is 0 Å². The van der Waals surface area contributed by atoms with Gasteiger partial charge >= 0.3 is 6.18 Å². The molecule has 1 heterocycles. The molecule has 0 saturated carbocycles. The number of rotatable bonds is 4. The first kappa shape index (κ1) is 24.7. The lowest BCUT2D eigenvalue weighted by Crippen LogP contribution is -2.49. The van der Waals surface area contributed by atoms with Crippen molar-refractivity contribution in [2.75, 3.05) is 5.73 Å². The normalized spacial score (nSPS) is 13.7. The number of halogens is 5. The lowest BCUT2D eigenvalue weighted by molar-refractivity contribution is -0.264. The summed E-state index contributed by atoms with van der Waals surface area (Å²) in [5.74, 6) is 4.40. The van der Waals surface area contributed by atoms with Crippen molar-refractivity contribution in [3.8, 4) is 11.8 Å². The molecule has 1 atom stereocenters. The van der Waals surface area contributed by atoms with Crippen molar-refractivity contribution >= 4 is 18.1 Å². The van der Waals surface area contributed by atoms with E-state index in [0.717, 1.165) is 0 Å². The van der Waals surface area contributed by atoms with Crippen molar-refractivity contribution in [3.05, 3.63) is 59.2 Å². The van der Waals surface area contributed by atoms with E-state index in [1.54, 1.807) is 20.8 Å². The summed E-state index contributed by atoms with van der Waals surface area (Å²) < 4.78 is 54.8. The smallest absolute Gasteiger partial charge is 0.396 e. The minimum Gasteiger partial charge on any atom is -0.396 e. The molecule has 8 heteroatoms. The molecule has 0 radical (unpaired) electrons. The quantitative estimate of drug-likeness (QED) is 0.533. The van der Waals surface area contributed by atoms with E-state index in [9.17, 15) is 22.7 Å². The van der Waals surface area contributed by atoms with Gasteiger partial charge in [0.1, 0.15) is 5.82 Å². The van der Waals surface area contributed by atoms with Crippen LogP contribution in [0.2, 0.25) is 0 Å². The second kappa shape index (κ2) is 9.02. The van der Waals surface area contributed by atoms with Crippen LogP contribution in [0.5, 0.6) is 0 Å². The zero-order chi connectivity index (χ0) is 21.2. The number of benzene rings is 1. The van der Waals surface area contributed by atoms with E-state index < -0.39 is 35.9 Å². The average Bonchev–Trinajstić information content (AvgIpc) is 2.57. The molecular weight excluding hydrogens is 408 g/mol. The molecule has 2 aromatic rings. The molecule has 0 spiro atoms. The fourth-order valence-corrected chi connectivity index (χ4v) is 3.22.